The van der Waals surface area contributed by atoms with Gasteiger partial charge >= 0.3 is 0 Å². The highest BCUT2D eigenvalue weighted by molar-refractivity contribution is 6.64. The first kappa shape index (κ1) is 8.31. The van der Waals surface area contributed by atoms with Crippen molar-refractivity contribution in [2.45, 2.75) is 26.7 Å². The van der Waals surface area contributed by atoms with Crippen LogP contribution in [0.3, 0.4) is 0 Å². The topological polar surface area (TPSA) is 17.1 Å². The Morgan fingerprint density at radius 2 is 2.42 bits per heavy atom. The summed E-state index contributed by atoms with van der Waals surface area (Å²) in [6.45, 7) is 4.30. The lowest BCUT2D eigenvalue weighted by atomic mass is 9.90. The third kappa shape index (κ3) is 0.957. The molecule has 0 saturated heterocycles. The van der Waals surface area contributed by atoms with E-state index in [1.54, 1.807) is 0 Å². The molecule has 0 aromatic rings. The lowest BCUT2D eigenvalue weighted by Gasteiger charge is -2.14. The Morgan fingerprint density at radius 1 is 1.75 bits per heavy atom. The lowest BCUT2D eigenvalue weighted by molar-refractivity contribution is -0.113. The second-order valence-corrected chi connectivity index (χ2v) is 4.70. The molecular weight excluding hydrogens is 172 g/mol. The van der Waals surface area contributed by atoms with Gasteiger partial charge in [0.25, 0.3) is 0 Å². The van der Waals surface area contributed by atoms with Crippen LogP contribution >= 0.6 is 11.6 Å². The van der Waals surface area contributed by atoms with Gasteiger partial charge < -0.3 is 0 Å². The summed E-state index contributed by atoms with van der Waals surface area (Å²) in [5.41, 5.74) is 1.62. The fourth-order valence-electron chi connectivity index (χ4n) is 2.47. The molecule has 0 heterocycles. The van der Waals surface area contributed by atoms with Crippen molar-refractivity contribution in [3.63, 3.8) is 0 Å². The molecule has 2 rings (SSSR count). The minimum absolute atomic E-state index is 0.108. The van der Waals surface area contributed by atoms with Gasteiger partial charge in [0.2, 0.25) is 5.24 Å². The van der Waals surface area contributed by atoms with Gasteiger partial charge in [0.1, 0.15) is 0 Å². The summed E-state index contributed by atoms with van der Waals surface area (Å²) >= 11 is 5.52. The number of allylic oxidation sites excluding steroid dienone is 2. The Balaban J connectivity index is 2.23. The molecule has 0 aromatic carbocycles. The smallest absolute Gasteiger partial charge is 0.225 e. The first-order chi connectivity index (χ1) is 5.55. The number of hydrogen-bond acceptors (Lipinski definition) is 1. The second kappa shape index (κ2) is 2.35. The molecule has 0 radical (unpaired) electrons. The van der Waals surface area contributed by atoms with E-state index in [0.29, 0.717) is 5.92 Å². The van der Waals surface area contributed by atoms with Crippen LogP contribution in [0, 0.1) is 17.3 Å². The van der Waals surface area contributed by atoms with Gasteiger partial charge in [0.05, 0.1) is 0 Å². The number of carbonyl (C=O) groups is 1. The predicted molar refractivity (Wildman–Crippen MR) is 48.9 cm³/mol. The Bertz CT molecular complexity index is 269. The third-order valence-corrected chi connectivity index (χ3v) is 3.72. The summed E-state index contributed by atoms with van der Waals surface area (Å²) in [6, 6.07) is 0. The van der Waals surface area contributed by atoms with Crippen LogP contribution in [-0.4, -0.2) is 5.24 Å². The van der Waals surface area contributed by atoms with Crippen molar-refractivity contribution in [1.29, 1.82) is 0 Å². The summed E-state index contributed by atoms with van der Waals surface area (Å²) < 4.78 is 0. The number of carbonyl (C=O) groups excluding carboxylic acids is 1. The zero-order chi connectivity index (χ0) is 8.93. The molecule has 66 valence electrons. The normalized spacial score (nSPS) is 44.8. The van der Waals surface area contributed by atoms with Gasteiger partial charge in [-0.3, -0.25) is 4.79 Å². The lowest BCUT2D eigenvalue weighted by Crippen LogP contribution is -2.05. The van der Waals surface area contributed by atoms with E-state index in [9.17, 15) is 4.79 Å². The van der Waals surface area contributed by atoms with Gasteiger partial charge in [0, 0.05) is 5.92 Å². The van der Waals surface area contributed by atoms with Crippen LogP contribution in [0.5, 0.6) is 0 Å². The van der Waals surface area contributed by atoms with E-state index >= 15 is 0 Å². The van der Waals surface area contributed by atoms with Crippen molar-refractivity contribution >= 4 is 16.8 Å². The Kier molecular flexibility index (Phi) is 1.63. The van der Waals surface area contributed by atoms with Crippen LogP contribution in [0.2, 0.25) is 0 Å². The number of halogens is 1. The maximum absolute atomic E-state index is 11.0. The summed E-state index contributed by atoms with van der Waals surface area (Å²) in [7, 11) is 0. The minimum atomic E-state index is -0.145. The standard InChI is InChI=1S/C10H13ClO/c1-6-3-4-10(2)7(5-6)8(10)9(11)12/h5,7-8H,3-4H2,1-2H3/t7-,8-,10-/m1/s1. The first-order valence-electron chi connectivity index (χ1n) is 4.42. The molecule has 0 bridgehead atoms. The molecule has 0 N–H and O–H groups in total. The Hall–Kier alpha value is -0.300. The molecule has 0 aromatic heterocycles. The molecule has 2 heteroatoms. The molecule has 12 heavy (non-hydrogen) atoms. The van der Waals surface area contributed by atoms with E-state index in [0.717, 1.165) is 12.8 Å². The average Bonchev–Trinajstić information content (AvgIpc) is 2.55. The average molecular weight is 185 g/mol. The highest BCUT2D eigenvalue weighted by atomic mass is 35.5. The number of hydrogen-bond donors (Lipinski definition) is 0. The third-order valence-electron chi connectivity index (χ3n) is 3.49. The quantitative estimate of drug-likeness (QED) is 0.453. The molecule has 2 aliphatic rings. The molecule has 2 aliphatic carbocycles. The van der Waals surface area contributed by atoms with Gasteiger partial charge in [-0.1, -0.05) is 18.6 Å². The maximum Gasteiger partial charge on any atom is 0.225 e. The fraction of sp³-hybridized carbons (Fsp3) is 0.700. The SMILES string of the molecule is CC1=C[C@@H]2[C@H](C(=O)Cl)[C@]2(C)CC1. The van der Waals surface area contributed by atoms with Crippen LogP contribution < -0.4 is 0 Å². The predicted octanol–water partition coefficient (Wildman–Crippen LogP) is 2.74. The molecular formula is C10H13ClO. The van der Waals surface area contributed by atoms with Crippen LogP contribution in [0.4, 0.5) is 0 Å². The molecule has 0 spiro atoms. The highest BCUT2D eigenvalue weighted by Gasteiger charge is 2.63. The summed E-state index contributed by atoms with van der Waals surface area (Å²) in [6.07, 6.45) is 4.49. The summed E-state index contributed by atoms with van der Waals surface area (Å²) in [4.78, 5) is 11.0. The van der Waals surface area contributed by atoms with Crippen LogP contribution in [0.25, 0.3) is 0 Å². The number of rotatable bonds is 1. The molecule has 0 unspecified atom stereocenters. The van der Waals surface area contributed by atoms with Crippen molar-refractivity contribution in [1.82, 2.24) is 0 Å². The van der Waals surface area contributed by atoms with Crippen LogP contribution in [0.1, 0.15) is 26.7 Å². The van der Waals surface area contributed by atoms with Gasteiger partial charge in [-0.15, -0.1) is 0 Å². The maximum atomic E-state index is 11.0. The Labute approximate surface area is 77.8 Å². The van der Waals surface area contributed by atoms with Crippen molar-refractivity contribution in [2.75, 3.05) is 0 Å². The molecule has 1 fully saturated rings. The van der Waals surface area contributed by atoms with Crippen molar-refractivity contribution in [3.05, 3.63) is 11.6 Å². The minimum Gasteiger partial charge on any atom is -0.281 e. The molecule has 3 atom stereocenters. The molecule has 1 saturated carbocycles. The zero-order valence-corrected chi connectivity index (χ0v) is 8.19. The fourth-order valence-corrected chi connectivity index (χ4v) is 2.85. The van der Waals surface area contributed by atoms with E-state index in [1.807, 2.05) is 0 Å². The highest BCUT2D eigenvalue weighted by Crippen LogP contribution is 2.65. The van der Waals surface area contributed by atoms with E-state index in [1.165, 1.54) is 5.57 Å². The van der Waals surface area contributed by atoms with Crippen molar-refractivity contribution in [3.8, 4) is 0 Å². The largest absolute Gasteiger partial charge is 0.281 e. The molecule has 0 amide bonds. The van der Waals surface area contributed by atoms with Gasteiger partial charge in [-0.05, 0) is 42.7 Å². The van der Waals surface area contributed by atoms with Crippen molar-refractivity contribution in [2.24, 2.45) is 17.3 Å². The Morgan fingerprint density at radius 3 is 2.92 bits per heavy atom. The second-order valence-electron chi connectivity index (χ2n) is 4.33. The van der Waals surface area contributed by atoms with E-state index in [4.69, 9.17) is 11.6 Å². The van der Waals surface area contributed by atoms with E-state index in [-0.39, 0.29) is 16.6 Å². The van der Waals surface area contributed by atoms with Crippen molar-refractivity contribution < 1.29 is 4.79 Å². The van der Waals surface area contributed by atoms with Gasteiger partial charge in [-0.2, -0.15) is 0 Å². The van der Waals surface area contributed by atoms with Crippen LogP contribution in [0.15, 0.2) is 11.6 Å². The van der Waals surface area contributed by atoms with E-state index in [2.05, 4.69) is 19.9 Å². The summed E-state index contributed by atoms with van der Waals surface area (Å²) in [5, 5.41) is -0.145. The zero-order valence-electron chi connectivity index (χ0n) is 7.43. The first-order valence-corrected chi connectivity index (χ1v) is 4.80. The van der Waals surface area contributed by atoms with Gasteiger partial charge in [-0.25, -0.2) is 0 Å². The molecule has 0 aliphatic heterocycles. The van der Waals surface area contributed by atoms with Gasteiger partial charge in [0.15, 0.2) is 0 Å². The number of fused-ring (bicyclic) bond motifs is 1. The summed E-state index contributed by atoms with van der Waals surface area (Å²) in [5.74, 6) is 0.549. The van der Waals surface area contributed by atoms with E-state index < -0.39 is 0 Å². The molecule has 1 nitrogen and oxygen atoms in total. The van der Waals surface area contributed by atoms with Crippen LogP contribution in [-0.2, 0) is 4.79 Å². The monoisotopic (exact) mass is 184 g/mol.